The Bertz CT molecular complexity index is 680. The second-order valence-corrected chi connectivity index (χ2v) is 8.83. The summed E-state index contributed by atoms with van der Waals surface area (Å²) in [5.41, 5.74) is 2.59. The fraction of sp³-hybridized carbons (Fsp3) is 0.588. The molecule has 2 aliphatic rings. The molecule has 2 heterocycles. The molecule has 7 heteroatoms. The van der Waals surface area contributed by atoms with Crippen molar-refractivity contribution < 1.29 is 13.2 Å². The molecule has 1 aromatic carbocycles. The fourth-order valence-electron chi connectivity index (χ4n) is 3.53. The van der Waals surface area contributed by atoms with Crippen LogP contribution in [0.1, 0.15) is 24.0 Å². The molecule has 0 bridgehead atoms. The maximum absolute atomic E-state index is 12.2. The number of rotatable bonds is 5. The highest BCUT2D eigenvalue weighted by molar-refractivity contribution is 7.88. The molecule has 2 aliphatic heterocycles. The van der Waals surface area contributed by atoms with Crippen LogP contribution in [0.15, 0.2) is 24.3 Å². The first-order valence-corrected chi connectivity index (χ1v) is 10.3. The number of nitrogens with one attached hydrogen (secondary N) is 1. The van der Waals surface area contributed by atoms with Crippen molar-refractivity contribution >= 4 is 15.9 Å². The first-order chi connectivity index (χ1) is 11.4. The largest absolute Gasteiger partial charge is 0.355 e. The molecule has 1 unspecified atom stereocenters. The SMILES string of the molecule is CS(=O)(=O)N1CCCC(CNC(=O)CN2Cc3ccccc3C2)C1. The molecular formula is C17H25N3O3S. The minimum Gasteiger partial charge on any atom is -0.355 e. The smallest absolute Gasteiger partial charge is 0.234 e. The Morgan fingerprint density at radius 3 is 2.54 bits per heavy atom. The Kier molecular flexibility index (Phi) is 5.22. The zero-order chi connectivity index (χ0) is 17.2. The van der Waals surface area contributed by atoms with E-state index >= 15 is 0 Å². The summed E-state index contributed by atoms with van der Waals surface area (Å²) in [5, 5.41) is 2.98. The molecule has 0 saturated carbocycles. The molecule has 6 nitrogen and oxygen atoms in total. The standard InChI is InChI=1S/C17H25N3O3S/c1-24(22,23)20-8-4-5-14(10-20)9-18-17(21)13-19-11-15-6-2-3-7-16(15)12-19/h2-3,6-7,14H,4-5,8-13H2,1H3,(H,18,21). The zero-order valence-corrected chi connectivity index (χ0v) is 14.9. The van der Waals surface area contributed by atoms with Crippen molar-refractivity contribution in [2.45, 2.75) is 25.9 Å². The van der Waals surface area contributed by atoms with Gasteiger partial charge in [0.15, 0.2) is 0 Å². The number of sulfonamides is 1. The molecule has 0 spiro atoms. The summed E-state index contributed by atoms with van der Waals surface area (Å²) in [6, 6.07) is 8.27. The van der Waals surface area contributed by atoms with Crippen LogP contribution in [-0.4, -0.2) is 56.0 Å². The fourth-order valence-corrected chi connectivity index (χ4v) is 4.47. The summed E-state index contributed by atoms with van der Waals surface area (Å²) >= 11 is 0. The zero-order valence-electron chi connectivity index (χ0n) is 14.1. The third-order valence-corrected chi connectivity index (χ3v) is 6.08. The normalized spacial score (nSPS) is 22.3. The van der Waals surface area contributed by atoms with Crippen LogP contribution in [0, 0.1) is 5.92 Å². The number of carbonyl (C=O) groups is 1. The van der Waals surface area contributed by atoms with E-state index in [0.29, 0.717) is 26.2 Å². The molecular weight excluding hydrogens is 326 g/mol. The average molecular weight is 351 g/mol. The van der Waals surface area contributed by atoms with Crippen molar-refractivity contribution in [3.8, 4) is 0 Å². The van der Waals surface area contributed by atoms with Crippen LogP contribution in [0.4, 0.5) is 0 Å². The summed E-state index contributed by atoms with van der Waals surface area (Å²) in [6.07, 6.45) is 3.06. The summed E-state index contributed by atoms with van der Waals surface area (Å²) in [4.78, 5) is 14.3. The molecule has 1 atom stereocenters. The second-order valence-electron chi connectivity index (χ2n) is 6.85. The van der Waals surface area contributed by atoms with Gasteiger partial charge in [-0.2, -0.15) is 0 Å². The Morgan fingerprint density at radius 1 is 1.25 bits per heavy atom. The van der Waals surface area contributed by atoms with Gasteiger partial charge >= 0.3 is 0 Å². The molecule has 1 N–H and O–H groups in total. The molecule has 0 radical (unpaired) electrons. The van der Waals surface area contributed by atoms with Crippen LogP contribution in [0.5, 0.6) is 0 Å². The van der Waals surface area contributed by atoms with Gasteiger partial charge in [0.1, 0.15) is 0 Å². The van der Waals surface area contributed by atoms with Gasteiger partial charge in [-0.1, -0.05) is 24.3 Å². The first-order valence-electron chi connectivity index (χ1n) is 8.43. The molecule has 1 saturated heterocycles. The van der Waals surface area contributed by atoms with Crippen molar-refractivity contribution in [1.82, 2.24) is 14.5 Å². The maximum atomic E-state index is 12.2. The van der Waals surface area contributed by atoms with Crippen molar-refractivity contribution in [3.05, 3.63) is 35.4 Å². The topological polar surface area (TPSA) is 69.7 Å². The molecule has 3 rings (SSSR count). The van der Waals surface area contributed by atoms with E-state index in [1.54, 1.807) is 0 Å². The summed E-state index contributed by atoms with van der Waals surface area (Å²) in [7, 11) is -3.13. The van der Waals surface area contributed by atoms with Gasteiger partial charge in [0.25, 0.3) is 0 Å². The van der Waals surface area contributed by atoms with Gasteiger partial charge in [-0.15, -0.1) is 0 Å². The molecule has 1 aromatic rings. The van der Waals surface area contributed by atoms with Crippen molar-refractivity contribution in [2.75, 3.05) is 32.4 Å². The molecule has 0 aromatic heterocycles. The van der Waals surface area contributed by atoms with E-state index < -0.39 is 10.0 Å². The summed E-state index contributed by atoms with van der Waals surface area (Å²) in [5.74, 6) is 0.215. The lowest BCUT2D eigenvalue weighted by Crippen LogP contribution is -2.44. The predicted octanol–water partition coefficient (Wildman–Crippen LogP) is 0.790. The van der Waals surface area contributed by atoms with Gasteiger partial charge in [-0.25, -0.2) is 12.7 Å². The van der Waals surface area contributed by atoms with Crippen LogP contribution in [0.3, 0.4) is 0 Å². The lowest BCUT2D eigenvalue weighted by molar-refractivity contribution is -0.122. The van der Waals surface area contributed by atoms with Gasteiger partial charge in [0, 0.05) is 32.7 Å². The third-order valence-electron chi connectivity index (χ3n) is 4.81. The van der Waals surface area contributed by atoms with E-state index in [0.717, 1.165) is 25.9 Å². The predicted molar refractivity (Wildman–Crippen MR) is 92.7 cm³/mol. The quantitative estimate of drug-likeness (QED) is 0.852. The molecule has 132 valence electrons. The lowest BCUT2D eigenvalue weighted by Gasteiger charge is -2.31. The first kappa shape index (κ1) is 17.4. The Labute approximate surface area is 143 Å². The third kappa shape index (κ3) is 4.34. The lowest BCUT2D eigenvalue weighted by atomic mass is 10.00. The number of amides is 1. The number of benzene rings is 1. The van der Waals surface area contributed by atoms with Gasteiger partial charge in [-0.3, -0.25) is 9.69 Å². The maximum Gasteiger partial charge on any atom is 0.234 e. The number of hydrogen-bond acceptors (Lipinski definition) is 4. The van der Waals surface area contributed by atoms with Crippen LogP contribution in [0.2, 0.25) is 0 Å². The van der Waals surface area contributed by atoms with E-state index in [9.17, 15) is 13.2 Å². The number of hydrogen-bond donors (Lipinski definition) is 1. The van der Waals surface area contributed by atoms with Crippen molar-refractivity contribution in [3.63, 3.8) is 0 Å². The Hall–Kier alpha value is -1.44. The van der Waals surface area contributed by atoms with Crippen molar-refractivity contribution in [1.29, 1.82) is 0 Å². The summed E-state index contributed by atoms with van der Waals surface area (Å²) < 4.78 is 24.8. The van der Waals surface area contributed by atoms with E-state index in [2.05, 4.69) is 22.3 Å². The van der Waals surface area contributed by atoms with Crippen LogP contribution in [-0.2, 0) is 27.9 Å². The average Bonchev–Trinajstić information content (AvgIpc) is 2.94. The van der Waals surface area contributed by atoms with E-state index in [1.165, 1.54) is 21.7 Å². The number of carbonyl (C=O) groups excluding carboxylic acids is 1. The Morgan fingerprint density at radius 2 is 1.92 bits per heavy atom. The van der Waals surface area contributed by atoms with E-state index in [1.807, 2.05) is 12.1 Å². The van der Waals surface area contributed by atoms with Crippen LogP contribution in [0.25, 0.3) is 0 Å². The second kappa shape index (κ2) is 7.21. The minimum atomic E-state index is -3.13. The van der Waals surface area contributed by atoms with E-state index in [4.69, 9.17) is 0 Å². The van der Waals surface area contributed by atoms with Crippen LogP contribution < -0.4 is 5.32 Å². The minimum absolute atomic E-state index is 0.0132. The molecule has 0 aliphatic carbocycles. The van der Waals surface area contributed by atoms with Gasteiger partial charge in [0.2, 0.25) is 15.9 Å². The molecule has 1 fully saturated rings. The highest BCUT2D eigenvalue weighted by atomic mass is 32.2. The highest BCUT2D eigenvalue weighted by Crippen LogP contribution is 2.21. The number of piperidine rings is 1. The van der Waals surface area contributed by atoms with E-state index in [-0.39, 0.29) is 11.8 Å². The van der Waals surface area contributed by atoms with Gasteiger partial charge in [0.05, 0.1) is 12.8 Å². The molecule has 1 amide bonds. The monoisotopic (exact) mass is 351 g/mol. The van der Waals surface area contributed by atoms with Gasteiger partial charge in [-0.05, 0) is 29.9 Å². The number of nitrogens with zero attached hydrogens (tertiary/aromatic N) is 2. The van der Waals surface area contributed by atoms with Crippen molar-refractivity contribution in [2.24, 2.45) is 5.92 Å². The molecule has 24 heavy (non-hydrogen) atoms. The number of fused-ring (bicyclic) bond motifs is 1. The highest BCUT2D eigenvalue weighted by Gasteiger charge is 2.26. The van der Waals surface area contributed by atoms with Gasteiger partial charge < -0.3 is 5.32 Å². The summed E-state index contributed by atoms with van der Waals surface area (Å²) in [6.45, 7) is 3.66. The van der Waals surface area contributed by atoms with Crippen LogP contribution >= 0.6 is 0 Å². The Balaban J connectivity index is 1.43.